The van der Waals surface area contributed by atoms with Crippen LogP contribution < -0.4 is 11.1 Å². The number of benzene rings is 1. The molecule has 86 valence electrons. The van der Waals surface area contributed by atoms with E-state index >= 15 is 0 Å². The van der Waals surface area contributed by atoms with E-state index in [9.17, 15) is 4.79 Å². The minimum atomic E-state index is -0.406. The summed E-state index contributed by atoms with van der Waals surface area (Å²) in [7, 11) is 0. The molecule has 0 radical (unpaired) electrons. The number of amides is 1. The van der Waals surface area contributed by atoms with Gasteiger partial charge in [-0.2, -0.15) is 0 Å². The summed E-state index contributed by atoms with van der Waals surface area (Å²) >= 11 is 5.63. The van der Waals surface area contributed by atoms with E-state index in [2.05, 4.69) is 11.9 Å². The highest BCUT2D eigenvalue weighted by molar-refractivity contribution is 6.29. The maximum atomic E-state index is 10.9. The normalized spacial score (nSPS) is 10.1. The maximum absolute atomic E-state index is 10.9. The number of nitrogens with two attached hydrogens (primary N) is 1. The van der Waals surface area contributed by atoms with Crippen molar-refractivity contribution in [3.05, 3.63) is 46.5 Å². The van der Waals surface area contributed by atoms with E-state index in [1.807, 2.05) is 13.0 Å². The highest BCUT2D eigenvalue weighted by atomic mass is 35.5. The maximum Gasteiger partial charge on any atom is 0.248 e. The van der Waals surface area contributed by atoms with E-state index in [1.165, 1.54) is 0 Å². The molecule has 1 rings (SSSR count). The lowest BCUT2D eigenvalue weighted by Crippen LogP contribution is -2.16. The predicted molar refractivity (Wildman–Crippen MR) is 66.4 cm³/mol. The van der Waals surface area contributed by atoms with Gasteiger partial charge in [-0.05, 0) is 30.2 Å². The van der Waals surface area contributed by atoms with E-state index in [0.717, 1.165) is 11.1 Å². The van der Waals surface area contributed by atoms with Crippen molar-refractivity contribution in [2.45, 2.75) is 13.5 Å². The highest BCUT2D eigenvalue weighted by Crippen LogP contribution is 2.10. The van der Waals surface area contributed by atoms with Crippen molar-refractivity contribution in [2.24, 2.45) is 5.73 Å². The zero-order valence-electron chi connectivity index (χ0n) is 9.22. The molecule has 0 aromatic heterocycles. The molecule has 1 amide bonds. The molecule has 0 atom stereocenters. The monoisotopic (exact) mass is 238 g/mol. The largest absolute Gasteiger partial charge is 0.366 e. The van der Waals surface area contributed by atoms with E-state index in [1.54, 1.807) is 12.1 Å². The Labute approximate surface area is 100 Å². The molecular weight excluding hydrogens is 224 g/mol. The van der Waals surface area contributed by atoms with Crippen LogP contribution in [-0.4, -0.2) is 12.5 Å². The first-order valence-electron chi connectivity index (χ1n) is 4.94. The summed E-state index contributed by atoms with van der Waals surface area (Å²) < 4.78 is 0. The van der Waals surface area contributed by atoms with E-state index in [-0.39, 0.29) is 0 Å². The van der Waals surface area contributed by atoms with Crippen molar-refractivity contribution in [3.8, 4) is 0 Å². The summed E-state index contributed by atoms with van der Waals surface area (Å²) in [5.41, 5.74) is 7.86. The summed E-state index contributed by atoms with van der Waals surface area (Å²) in [6.07, 6.45) is 0. The Kier molecular flexibility index (Phi) is 4.52. The number of nitrogens with one attached hydrogen (secondary N) is 1. The lowest BCUT2D eigenvalue weighted by molar-refractivity contribution is 0.1000. The van der Waals surface area contributed by atoms with Gasteiger partial charge in [0.05, 0.1) is 0 Å². The molecule has 4 heteroatoms. The van der Waals surface area contributed by atoms with Gasteiger partial charge in [-0.15, -0.1) is 0 Å². The Morgan fingerprint density at radius 2 is 2.25 bits per heavy atom. The Balaban J connectivity index is 2.68. The number of hydrogen-bond acceptors (Lipinski definition) is 2. The standard InChI is InChI=1S/C12H15ClN2O/c1-8-5-10(12(14)16)3-4-11(8)7-15-6-9(2)13/h3-5,15H,2,6-7H2,1H3,(H2,14,16). The van der Waals surface area contributed by atoms with Gasteiger partial charge in [0.1, 0.15) is 0 Å². The number of hydrogen-bond donors (Lipinski definition) is 2. The van der Waals surface area contributed by atoms with Crippen molar-refractivity contribution < 1.29 is 4.79 Å². The SMILES string of the molecule is C=C(Cl)CNCc1ccc(C(N)=O)cc1C. The third kappa shape index (κ3) is 3.68. The van der Waals surface area contributed by atoms with Gasteiger partial charge in [-0.1, -0.05) is 24.2 Å². The molecule has 0 spiro atoms. The van der Waals surface area contributed by atoms with Crippen LogP contribution in [0.1, 0.15) is 21.5 Å². The van der Waals surface area contributed by atoms with Crippen molar-refractivity contribution in [1.82, 2.24) is 5.32 Å². The number of carbonyl (C=O) groups excluding carboxylic acids is 1. The number of halogens is 1. The Bertz CT molecular complexity index is 415. The summed E-state index contributed by atoms with van der Waals surface area (Å²) in [5.74, 6) is -0.406. The first-order valence-corrected chi connectivity index (χ1v) is 5.32. The Morgan fingerprint density at radius 1 is 1.56 bits per heavy atom. The Hall–Kier alpha value is -1.32. The van der Waals surface area contributed by atoms with Gasteiger partial charge in [0.15, 0.2) is 0 Å². The second-order valence-corrected chi connectivity index (χ2v) is 4.16. The summed E-state index contributed by atoms with van der Waals surface area (Å²) in [6, 6.07) is 5.40. The zero-order chi connectivity index (χ0) is 12.1. The van der Waals surface area contributed by atoms with Gasteiger partial charge in [0.2, 0.25) is 5.91 Å². The highest BCUT2D eigenvalue weighted by Gasteiger charge is 2.03. The van der Waals surface area contributed by atoms with Crippen LogP contribution in [-0.2, 0) is 6.54 Å². The van der Waals surface area contributed by atoms with Gasteiger partial charge in [0.25, 0.3) is 0 Å². The van der Waals surface area contributed by atoms with Crippen LogP contribution in [0, 0.1) is 6.92 Å². The van der Waals surface area contributed by atoms with Gasteiger partial charge in [-0.25, -0.2) is 0 Å². The second-order valence-electron chi connectivity index (χ2n) is 3.63. The molecule has 1 aromatic rings. The Morgan fingerprint density at radius 3 is 2.75 bits per heavy atom. The van der Waals surface area contributed by atoms with Crippen LogP contribution in [0.5, 0.6) is 0 Å². The fourth-order valence-electron chi connectivity index (χ4n) is 1.38. The fourth-order valence-corrected chi connectivity index (χ4v) is 1.47. The molecule has 1 aromatic carbocycles. The van der Waals surface area contributed by atoms with E-state index in [0.29, 0.717) is 23.7 Å². The molecule has 0 aliphatic carbocycles. The van der Waals surface area contributed by atoms with Crippen LogP contribution >= 0.6 is 11.6 Å². The molecular formula is C12H15ClN2O. The molecule has 0 aliphatic rings. The zero-order valence-corrected chi connectivity index (χ0v) is 9.97. The van der Waals surface area contributed by atoms with Crippen LogP contribution in [0.15, 0.2) is 29.8 Å². The van der Waals surface area contributed by atoms with E-state index in [4.69, 9.17) is 17.3 Å². The molecule has 0 unspecified atom stereocenters. The molecule has 0 bridgehead atoms. The molecule has 0 aliphatic heterocycles. The summed E-state index contributed by atoms with van der Waals surface area (Å²) in [4.78, 5) is 10.9. The number of rotatable bonds is 5. The van der Waals surface area contributed by atoms with Crippen LogP contribution in [0.4, 0.5) is 0 Å². The van der Waals surface area contributed by atoms with Crippen molar-refractivity contribution in [1.29, 1.82) is 0 Å². The second kappa shape index (κ2) is 5.68. The van der Waals surface area contributed by atoms with E-state index < -0.39 is 5.91 Å². The lowest BCUT2D eigenvalue weighted by atomic mass is 10.0. The molecule has 0 fully saturated rings. The summed E-state index contributed by atoms with van der Waals surface area (Å²) in [6.45, 7) is 6.79. The average molecular weight is 239 g/mol. The predicted octanol–water partition coefficient (Wildman–Crippen LogP) is 1.94. The van der Waals surface area contributed by atoms with Crippen LogP contribution in [0.2, 0.25) is 0 Å². The quantitative estimate of drug-likeness (QED) is 0.824. The van der Waals surface area contributed by atoms with Crippen LogP contribution in [0.25, 0.3) is 0 Å². The minimum Gasteiger partial charge on any atom is -0.366 e. The minimum absolute atomic E-state index is 0.406. The number of primary amides is 1. The van der Waals surface area contributed by atoms with Gasteiger partial charge in [-0.3, -0.25) is 4.79 Å². The van der Waals surface area contributed by atoms with Crippen molar-refractivity contribution >= 4 is 17.5 Å². The molecule has 16 heavy (non-hydrogen) atoms. The van der Waals surface area contributed by atoms with Crippen LogP contribution in [0.3, 0.4) is 0 Å². The molecule has 0 saturated carbocycles. The molecule has 3 nitrogen and oxygen atoms in total. The molecule has 0 saturated heterocycles. The van der Waals surface area contributed by atoms with Crippen molar-refractivity contribution in [2.75, 3.05) is 6.54 Å². The number of aryl methyl sites for hydroxylation is 1. The molecule has 0 heterocycles. The third-order valence-electron chi connectivity index (χ3n) is 2.26. The number of carbonyl (C=O) groups is 1. The third-order valence-corrected chi connectivity index (χ3v) is 2.39. The topological polar surface area (TPSA) is 55.1 Å². The van der Waals surface area contributed by atoms with Gasteiger partial charge in [0, 0.05) is 23.7 Å². The van der Waals surface area contributed by atoms with Gasteiger partial charge < -0.3 is 11.1 Å². The average Bonchev–Trinajstić information content (AvgIpc) is 2.19. The van der Waals surface area contributed by atoms with Crippen molar-refractivity contribution in [3.63, 3.8) is 0 Å². The lowest BCUT2D eigenvalue weighted by Gasteiger charge is -2.08. The fraction of sp³-hybridized carbons (Fsp3) is 0.250. The first kappa shape index (κ1) is 12.7. The first-order chi connectivity index (χ1) is 7.50. The smallest absolute Gasteiger partial charge is 0.248 e. The van der Waals surface area contributed by atoms with Gasteiger partial charge >= 0.3 is 0 Å². The summed E-state index contributed by atoms with van der Waals surface area (Å²) in [5, 5.41) is 3.72. The molecule has 3 N–H and O–H groups in total.